The van der Waals surface area contributed by atoms with Crippen LogP contribution >= 0.6 is 0 Å². The van der Waals surface area contributed by atoms with Gasteiger partial charge in [-0.15, -0.1) is 0 Å². The molecule has 0 spiro atoms. The number of hydrogen-bond donors (Lipinski definition) is 1. The molecule has 0 amide bonds. The maximum atomic E-state index is 5.95. The lowest BCUT2D eigenvalue weighted by Crippen LogP contribution is -2.39. The number of hydrogen-bond acceptors (Lipinski definition) is 2. The van der Waals surface area contributed by atoms with Gasteiger partial charge in [-0.25, -0.2) is 0 Å². The molecule has 0 unspecified atom stereocenters. The first-order valence-electron chi connectivity index (χ1n) is 7.01. The molecule has 1 aliphatic carbocycles. The van der Waals surface area contributed by atoms with E-state index in [1.54, 1.807) is 7.11 Å². The molecule has 100 valence electrons. The lowest BCUT2D eigenvalue weighted by Gasteiger charge is -2.41. The summed E-state index contributed by atoms with van der Waals surface area (Å²) >= 11 is 0. The van der Waals surface area contributed by atoms with E-state index in [0.29, 0.717) is 5.41 Å². The van der Waals surface area contributed by atoms with E-state index in [4.69, 9.17) is 10.5 Å². The zero-order valence-corrected chi connectivity index (χ0v) is 11.5. The zero-order chi connectivity index (χ0) is 13.3. The first kappa shape index (κ1) is 12.5. The minimum Gasteiger partial charge on any atom is -0.497 e. The van der Waals surface area contributed by atoms with E-state index >= 15 is 0 Å². The number of fused-ring (bicyclic) bond motifs is 1. The van der Waals surface area contributed by atoms with Crippen LogP contribution in [0.5, 0.6) is 5.75 Å². The van der Waals surface area contributed by atoms with Crippen molar-refractivity contribution in [3.8, 4) is 5.75 Å². The summed E-state index contributed by atoms with van der Waals surface area (Å²) in [6, 6.07) is 13.0. The highest BCUT2D eigenvalue weighted by molar-refractivity contribution is 5.84. The molecule has 0 heterocycles. The molecule has 2 nitrogen and oxygen atoms in total. The van der Waals surface area contributed by atoms with Crippen molar-refractivity contribution in [1.29, 1.82) is 0 Å². The molecule has 0 aliphatic heterocycles. The normalized spacial score (nSPS) is 17.2. The van der Waals surface area contributed by atoms with Gasteiger partial charge < -0.3 is 10.5 Å². The first-order chi connectivity index (χ1) is 9.24. The first-order valence-corrected chi connectivity index (χ1v) is 7.01. The van der Waals surface area contributed by atoms with Crippen molar-refractivity contribution < 1.29 is 4.74 Å². The molecule has 0 aromatic heterocycles. The summed E-state index contributed by atoms with van der Waals surface area (Å²) in [7, 11) is 1.71. The summed E-state index contributed by atoms with van der Waals surface area (Å²) in [6.45, 7) is 0.813. The third-order valence-electron chi connectivity index (χ3n) is 4.54. The molecular weight excluding hydrogens is 234 g/mol. The third-order valence-corrected chi connectivity index (χ3v) is 4.54. The van der Waals surface area contributed by atoms with Crippen LogP contribution in [0.4, 0.5) is 0 Å². The maximum absolute atomic E-state index is 5.95. The van der Waals surface area contributed by atoms with Gasteiger partial charge >= 0.3 is 0 Å². The smallest absolute Gasteiger partial charge is 0.119 e. The molecule has 2 aromatic rings. The van der Waals surface area contributed by atoms with Crippen LogP contribution in [0, 0.1) is 5.41 Å². The fourth-order valence-corrected chi connectivity index (χ4v) is 3.07. The van der Waals surface area contributed by atoms with Crippen molar-refractivity contribution >= 4 is 10.8 Å². The summed E-state index contributed by atoms with van der Waals surface area (Å²) in [5, 5.41) is 2.52. The van der Waals surface area contributed by atoms with E-state index in [2.05, 4.69) is 30.3 Å². The molecule has 0 atom stereocenters. The summed E-state index contributed by atoms with van der Waals surface area (Å²) < 4.78 is 5.26. The van der Waals surface area contributed by atoms with E-state index in [0.717, 1.165) is 18.7 Å². The summed E-state index contributed by atoms with van der Waals surface area (Å²) in [4.78, 5) is 0. The summed E-state index contributed by atoms with van der Waals surface area (Å²) in [5.74, 6) is 0.915. The predicted octanol–water partition coefficient (Wildman–Crippen LogP) is 3.52. The predicted molar refractivity (Wildman–Crippen MR) is 79.5 cm³/mol. The van der Waals surface area contributed by atoms with Crippen molar-refractivity contribution in [3.05, 3.63) is 42.0 Å². The van der Waals surface area contributed by atoms with Crippen molar-refractivity contribution in [2.45, 2.75) is 25.7 Å². The molecule has 1 fully saturated rings. The van der Waals surface area contributed by atoms with Crippen molar-refractivity contribution in [2.75, 3.05) is 13.7 Å². The Kier molecular flexibility index (Phi) is 3.19. The highest BCUT2D eigenvalue weighted by atomic mass is 16.5. The van der Waals surface area contributed by atoms with Gasteiger partial charge in [-0.3, -0.25) is 0 Å². The second kappa shape index (κ2) is 4.86. The summed E-state index contributed by atoms with van der Waals surface area (Å²) in [5.41, 5.74) is 7.73. The van der Waals surface area contributed by atoms with Gasteiger partial charge in [0, 0.05) is 0 Å². The Balaban J connectivity index is 1.89. The van der Waals surface area contributed by atoms with Gasteiger partial charge in [0.1, 0.15) is 5.75 Å². The van der Waals surface area contributed by atoms with Crippen LogP contribution in [-0.2, 0) is 6.42 Å². The Morgan fingerprint density at radius 2 is 1.84 bits per heavy atom. The molecule has 0 radical (unpaired) electrons. The molecular formula is C17H21NO. The Hall–Kier alpha value is -1.54. The summed E-state index contributed by atoms with van der Waals surface area (Å²) in [6.07, 6.45) is 5.02. The average Bonchev–Trinajstić information content (AvgIpc) is 2.42. The van der Waals surface area contributed by atoms with Crippen molar-refractivity contribution in [1.82, 2.24) is 0 Å². The maximum Gasteiger partial charge on any atom is 0.119 e. The second-order valence-corrected chi connectivity index (χ2v) is 5.78. The molecule has 2 aromatic carbocycles. The quantitative estimate of drug-likeness (QED) is 0.907. The third kappa shape index (κ3) is 2.33. The van der Waals surface area contributed by atoms with Crippen LogP contribution in [0.15, 0.2) is 36.4 Å². The minimum absolute atomic E-state index is 0.375. The van der Waals surface area contributed by atoms with Crippen LogP contribution in [0.3, 0.4) is 0 Å². The van der Waals surface area contributed by atoms with Gasteiger partial charge in [-0.1, -0.05) is 30.7 Å². The van der Waals surface area contributed by atoms with E-state index in [1.165, 1.54) is 35.6 Å². The Bertz CT molecular complexity index is 581. The standard InChI is InChI=1S/C17H21NO/c1-19-16-6-5-14-9-13(3-4-15(14)10-16)11-17(12-18)7-2-8-17/h3-6,9-10H,2,7-8,11-12,18H2,1H3. The monoisotopic (exact) mass is 255 g/mol. The molecule has 2 N–H and O–H groups in total. The van der Waals surface area contributed by atoms with Gasteiger partial charge in [-0.05, 0) is 59.7 Å². The number of rotatable bonds is 4. The number of methoxy groups -OCH3 is 1. The van der Waals surface area contributed by atoms with Crippen molar-refractivity contribution in [3.63, 3.8) is 0 Å². The van der Waals surface area contributed by atoms with Crippen LogP contribution in [0.2, 0.25) is 0 Å². The number of benzene rings is 2. The number of nitrogens with two attached hydrogens (primary N) is 1. The Labute approximate surface area is 114 Å². The molecule has 1 saturated carbocycles. The lowest BCUT2D eigenvalue weighted by molar-refractivity contribution is 0.145. The Morgan fingerprint density at radius 1 is 1.11 bits per heavy atom. The molecule has 0 saturated heterocycles. The van der Waals surface area contributed by atoms with E-state index in [-0.39, 0.29) is 0 Å². The molecule has 3 rings (SSSR count). The van der Waals surface area contributed by atoms with Crippen LogP contribution in [-0.4, -0.2) is 13.7 Å². The van der Waals surface area contributed by atoms with Gasteiger partial charge in [0.15, 0.2) is 0 Å². The molecule has 19 heavy (non-hydrogen) atoms. The average molecular weight is 255 g/mol. The van der Waals surface area contributed by atoms with Crippen molar-refractivity contribution in [2.24, 2.45) is 11.1 Å². The van der Waals surface area contributed by atoms with E-state index < -0.39 is 0 Å². The van der Waals surface area contributed by atoms with Gasteiger partial charge in [0.25, 0.3) is 0 Å². The highest BCUT2D eigenvalue weighted by Gasteiger charge is 2.35. The largest absolute Gasteiger partial charge is 0.497 e. The second-order valence-electron chi connectivity index (χ2n) is 5.78. The molecule has 0 bridgehead atoms. The lowest BCUT2D eigenvalue weighted by atomic mass is 9.65. The highest BCUT2D eigenvalue weighted by Crippen LogP contribution is 2.43. The topological polar surface area (TPSA) is 35.2 Å². The van der Waals surface area contributed by atoms with E-state index in [9.17, 15) is 0 Å². The van der Waals surface area contributed by atoms with E-state index in [1.807, 2.05) is 6.07 Å². The number of ether oxygens (including phenoxy) is 1. The van der Waals surface area contributed by atoms with Crippen LogP contribution < -0.4 is 10.5 Å². The minimum atomic E-state index is 0.375. The van der Waals surface area contributed by atoms with Crippen LogP contribution in [0.1, 0.15) is 24.8 Å². The van der Waals surface area contributed by atoms with Crippen LogP contribution in [0.25, 0.3) is 10.8 Å². The van der Waals surface area contributed by atoms with Gasteiger partial charge in [0.05, 0.1) is 7.11 Å². The Morgan fingerprint density at radius 3 is 2.47 bits per heavy atom. The molecule has 1 aliphatic rings. The SMILES string of the molecule is COc1ccc2cc(CC3(CN)CCC3)ccc2c1. The fourth-order valence-electron chi connectivity index (χ4n) is 3.07. The van der Waals surface area contributed by atoms with Gasteiger partial charge in [0.2, 0.25) is 0 Å². The zero-order valence-electron chi connectivity index (χ0n) is 11.5. The molecule has 2 heteroatoms. The van der Waals surface area contributed by atoms with Gasteiger partial charge in [-0.2, -0.15) is 0 Å². The fraction of sp³-hybridized carbons (Fsp3) is 0.412.